The van der Waals surface area contributed by atoms with Gasteiger partial charge in [0.25, 0.3) is 0 Å². The minimum atomic E-state index is 0.450. The molecule has 3 aliphatic carbocycles. The average molecular weight is 194 g/mol. The number of hydrogen-bond acceptors (Lipinski definition) is 1. The van der Waals surface area contributed by atoms with Crippen LogP contribution in [0.1, 0.15) is 39.5 Å². The van der Waals surface area contributed by atoms with Crippen molar-refractivity contribution in [3.8, 4) is 0 Å². The molecule has 0 radical (unpaired) electrons. The summed E-state index contributed by atoms with van der Waals surface area (Å²) < 4.78 is 0. The monoisotopic (exact) mass is 194 g/mol. The van der Waals surface area contributed by atoms with E-state index in [1.165, 1.54) is 25.7 Å². The van der Waals surface area contributed by atoms with Crippen LogP contribution in [-0.4, -0.2) is 11.7 Å². The van der Waals surface area contributed by atoms with Crippen LogP contribution in [0.3, 0.4) is 0 Å². The van der Waals surface area contributed by atoms with Gasteiger partial charge in [-0.05, 0) is 54.3 Å². The van der Waals surface area contributed by atoms with Crippen LogP contribution in [0.5, 0.6) is 0 Å². The average Bonchev–Trinajstić information content (AvgIpc) is 2.59. The first-order valence-corrected chi connectivity index (χ1v) is 6.29. The molecule has 14 heavy (non-hydrogen) atoms. The Kier molecular flexibility index (Phi) is 1.81. The van der Waals surface area contributed by atoms with Crippen LogP contribution in [0.4, 0.5) is 0 Å². The van der Waals surface area contributed by atoms with Gasteiger partial charge in [0.05, 0.1) is 0 Å². The number of fused-ring (bicyclic) bond motifs is 3. The molecule has 1 nitrogen and oxygen atoms in total. The molecule has 0 amide bonds. The summed E-state index contributed by atoms with van der Waals surface area (Å²) in [5.74, 6) is 4.20. The Morgan fingerprint density at radius 2 is 2.00 bits per heavy atom. The summed E-state index contributed by atoms with van der Waals surface area (Å²) in [6.07, 6.45) is 5.67. The highest BCUT2D eigenvalue weighted by atomic mass is 16.3. The molecule has 0 aromatic carbocycles. The molecule has 3 aliphatic rings. The first-order valence-electron chi connectivity index (χ1n) is 6.29. The third-order valence-corrected chi connectivity index (χ3v) is 5.96. The maximum atomic E-state index is 9.57. The van der Waals surface area contributed by atoms with Gasteiger partial charge in [-0.2, -0.15) is 0 Å². The molecule has 0 aliphatic heterocycles. The van der Waals surface area contributed by atoms with Crippen molar-refractivity contribution in [3.05, 3.63) is 0 Å². The standard InChI is InChI=1S/C13H22O/c1-8-3-4-11-12(8)9(7-14)10-5-6-13(10,11)2/h8-12,14H,3-7H2,1-2H3/t8-,9?,10+,11+,12-,13+/m0/s1. The summed E-state index contributed by atoms with van der Waals surface area (Å²) in [5, 5.41) is 9.57. The number of hydrogen-bond donors (Lipinski definition) is 1. The molecule has 3 fully saturated rings. The lowest BCUT2D eigenvalue weighted by molar-refractivity contribution is 0.00873. The van der Waals surface area contributed by atoms with Gasteiger partial charge in [0.2, 0.25) is 0 Å². The van der Waals surface area contributed by atoms with Gasteiger partial charge in [0, 0.05) is 6.61 Å². The van der Waals surface area contributed by atoms with Gasteiger partial charge < -0.3 is 5.11 Å². The first-order chi connectivity index (χ1) is 6.68. The molecule has 0 aromatic rings. The molecule has 1 N–H and O–H groups in total. The second-order valence-corrected chi connectivity index (χ2v) is 6.24. The van der Waals surface area contributed by atoms with Crippen LogP contribution in [0.2, 0.25) is 0 Å². The fourth-order valence-electron chi connectivity index (χ4n) is 5.16. The Bertz CT molecular complexity index is 250. The molecule has 0 saturated heterocycles. The van der Waals surface area contributed by atoms with Crippen molar-refractivity contribution in [2.45, 2.75) is 39.5 Å². The molecular formula is C13H22O. The molecule has 1 heteroatoms. The lowest BCUT2D eigenvalue weighted by Gasteiger charge is -2.47. The highest BCUT2D eigenvalue weighted by Crippen LogP contribution is 2.69. The predicted molar refractivity (Wildman–Crippen MR) is 56.8 cm³/mol. The van der Waals surface area contributed by atoms with E-state index in [1.54, 1.807) is 0 Å². The van der Waals surface area contributed by atoms with Crippen molar-refractivity contribution in [2.24, 2.45) is 35.0 Å². The second kappa shape index (κ2) is 2.75. The smallest absolute Gasteiger partial charge is 0.0464 e. The number of aliphatic hydroxyl groups is 1. The summed E-state index contributed by atoms with van der Waals surface area (Å²) in [7, 11) is 0. The topological polar surface area (TPSA) is 20.2 Å². The first kappa shape index (κ1) is 9.21. The molecule has 0 spiro atoms. The Hall–Kier alpha value is -0.0400. The molecular weight excluding hydrogens is 172 g/mol. The summed E-state index contributed by atoms with van der Waals surface area (Å²) in [6.45, 7) is 5.35. The Morgan fingerprint density at radius 1 is 1.21 bits per heavy atom. The number of aliphatic hydroxyl groups excluding tert-OH is 1. The van der Waals surface area contributed by atoms with Crippen molar-refractivity contribution in [1.82, 2.24) is 0 Å². The normalized spacial score (nSPS) is 60.6. The zero-order chi connectivity index (χ0) is 9.92. The van der Waals surface area contributed by atoms with Gasteiger partial charge in [-0.3, -0.25) is 0 Å². The van der Waals surface area contributed by atoms with Gasteiger partial charge >= 0.3 is 0 Å². The third-order valence-electron chi connectivity index (χ3n) is 5.96. The minimum Gasteiger partial charge on any atom is -0.396 e. The van der Waals surface area contributed by atoms with Crippen molar-refractivity contribution < 1.29 is 5.11 Å². The van der Waals surface area contributed by atoms with E-state index in [0.29, 0.717) is 17.9 Å². The van der Waals surface area contributed by atoms with E-state index in [9.17, 15) is 5.11 Å². The quantitative estimate of drug-likeness (QED) is 0.680. The van der Waals surface area contributed by atoms with Gasteiger partial charge in [-0.25, -0.2) is 0 Å². The van der Waals surface area contributed by atoms with Crippen LogP contribution < -0.4 is 0 Å². The van der Waals surface area contributed by atoms with Crippen LogP contribution in [0, 0.1) is 35.0 Å². The largest absolute Gasteiger partial charge is 0.396 e. The van der Waals surface area contributed by atoms with Gasteiger partial charge in [0.1, 0.15) is 0 Å². The van der Waals surface area contributed by atoms with Crippen LogP contribution in [0.15, 0.2) is 0 Å². The van der Waals surface area contributed by atoms with Gasteiger partial charge in [-0.15, -0.1) is 0 Å². The maximum Gasteiger partial charge on any atom is 0.0464 e. The third kappa shape index (κ3) is 0.856. The fraction of sp³-hybridized carbons (Fsp3) is 1.00. The van der Waals surface area contributed by atoms with Gasteiger partial charge in [0.15, 0.2) is 0 Å². The summed E-state index contributed by atoms with van der Waals surface area (Å²) in [5.41, 5.74) is 0.628. The molecule has 6 atom stereocenters. The molecule has 0 heterocycles. The highest BCUT2D eigenvalue weighted by molar-refractivity contribution is 5.12. The van der Waals surface area contributed by atoms with E-state index in [2.05, 4.69) is 13.8 Å². The van der Waals surface area contributed by atoms with E-state index in [4.69, 9.17) is 0 Å². The Balaban J connectivity index is 1.94. The molecule has 1 unspecified atom stereocenters. The van der Waals surface area contributed by atoms with Gasteiger partial charge in [-0.1, -0.05) is 20.3 Å². The van der Waals surface area contributed by atoms with Crippen molar-refractivity contribution >= 4 is 0 Å². The van der Waals surface area contributed by atoms with E-state index < -0.39 is 0 Å². The molecule has 0 bridgehead atoms. The van der Waals surface area contributed by atoms with E-state index in [-0.39, 0.29) is 0 Å². The van der Waals surface area contributed by atoms with Crippen molar-refractivity contribution in [3.63, 3.8) is 0 Å². The molecule has 0 aromatic heterocycles. The maximum absolute atomic E-state index is 9.57. The highest BCUT2D eigenvalue weighted by Gasteiger charge is 2.63. The predicted octanol–water partition coefficient (Wildman–Crippen LogP) is 2.69. The molecule has 80 valence electrons. The second-order valence-electron chi connectivity index (χ2n) is 6.24. The lowest BCUT2D eigenvalue weighted by Crippen LogP contribution is -2.40. The van der Waals surface area contributed by atoms with Crippen LogP contribution >= 0.6 is 0 Å². The molecule has 3 rings (SSSR count). The number of rotatable bonds is 1. The Labute approximate surface area is 86.9 Å². The zero-order valence-electron chi connectivity index (χ0n) is 9.37. The fourth-order valence-corrected chi connectivity index (χ4v) is 5.16. The SMILES string of the molecule is C[C@H]1CC[C@@H]2[C@@H]1C(CO)[C@H]1CC[C@]12C. The lowest BCUT2D eigenvalue weighted by atomic mass is 9.58. The summed E-state index contributed by atoms with van der Waals surface area (Å²) in [6, 6.07) is 0. The van der Waals surface area contributed by atoms with Crippen molar-refractivity contribution in [2.75, 3.05) is 6.61 Å². The van der Waals surface area contributed by atoms with Crippen LogP contribution in [-0.2, 0) is 0 Å². The van der Waals surface area contributed by atoms with E-state index in [1.807, 2.05) is 0 Å². The van der Waals surface area contributed by atoms with E-state index >= 15 is 0 Å². The van der Waals surface area contributed by atoms with E-state index in [0.717, 1.165) is 23.7 Å². The summed E-state index contributed by atoms with van der Waals surface area (Å²) >= 11 is 0. The zero-order valence-corrected chi connectivity index (χ0v) is 9.37. The Morgan fingerprint density at radius 3 is 2.57 bits per heavy atom. The molecule has 3 saturated carbocycles. The van der Waals surface area contributed by atoms with Crippen LogP contribution in [0.25, 0.3) is 0 Å². The minimum absolute atomic E-state index is 0.450. The summed E-state index contributed by atoms with van der Waals surface area (Å²) in [4.78, 5) is 0. The van der Waals surface area contributed by atoms with Crippen molar-refractivity contribution in [1.29, 1.82) is 0 Å².